The van der Waals surface area contributed by atoms with Crippen LogP contribution in [0.15, 0.2) is 4.52 Å². The van der Waals surface area contributed by atoms with Crippen molar-refractivity contribution in [2.75, 3.05) is 0 Å². The maximum atomic E-state index is 12.6. The van der Waals surface area contributed by atoms with Crippen molar-refractivity contribution in [3.8, 4) is 0 Å². The molecule has 2 atom stereocenters. The molecule has 0 aromatic carbocycles. The molecule has 2 amide bonds. The fourth-order valence-corrected chi connectivity index (χ4v) is 2.81. The first-order chi connectivity index (χ1) is 9.86. The molecule has 1 aromatic rings. The molecule has 1 aliphatic heterocycles. The van der Waals surface area contributed by atoms with Crippen LogP contribution in [0.3, 0.4) is 0 Å². The van der Waals surface area contributed by atoms with E-state index in [9.17, 15) is 9.59 Å². The van der Waals surface area contributed by atoms with Gasteiger partial charge in [0.05, 0.1) is 12.2 Å². The van der Waals surface area contributed by atoms with E-state index in [-0.39, 0.29) is 17.7 Å². The number of nitrogens with zero attached hydrogens (tertiary/aromatic N) is 2. The monoisotopic (exact) mass is 293 g/mol. The Hall–Kier alpha value is -1.85. The molecule has 2 unspecified atom stereocenters. The minimum Gasteiger partial charge on any atom is -0.361 e. The Labute approximate surface area is 124 Å². The lowest BCUT2D eigenvalue weighted by atomic mass is 9.95. The molecule has 1 aliphatic rings. The first kappa shape index (κ1) is 15.5. The summed E-state index contributed by atoms with van der Waals surface area (Å²) < 4.78 is 5.16. The summed E-state index contributed by atoms with van der Waals surface area (Å²) in [4.78, 5) is 26.6. The molecule has 0 radical (unpaired) electrons. The lowest BCUT2D eigenvalue weighted by Crippen LogP contribution is -2.64. The first-order valence-corrected chi connectivity index (χ1v) is 7.39. The molecule has 0 aliphatic carbocycles. The number of nitrogens with one attached hydrogen (secondary N) is 1. The van der Waals surface area contributed by atoms with Gasteiger partial charge in [-0.25, -0.2) is 0 Å². The van der Waals surface area contributed by atoms with Gasteiger partial charge in [-0.3, -0.25) is 9.59 Å². The Bertz CT molecular complexity index is 531. The Morgan fingerprint density at radius 1 is 1.33 bits per heavy atom. The maximum absolute atomic E-state index is 12.6. The van der Waals surface area contributed by atoms with Gasteiger partial charge in [0.1, 0.15) is 17.8 Å². The van der Waals surface area contributed by atoms with Crippen LogP contribution in [0.4, 0.5) is 0 Å². The van der Waals surface area contributed by atoms with E-state index in [0.29, 0.717) is 18.7 Å². The summed E-state index contributed by atoms with van der Waals surface area (Å²) in [6.45, 7) is 9.83. The van der Waals surface area contributed by atoms with Crippen molar-refractivity contribution in [3.05, 3.63) is 17.0 Å². The highest BCUT2D eigenvalue weighted by Crippen LogP contribution is 2.23. The minimum atomic E-state index is -0.450. The molecule has 0 bridgehead atoms. The topological polar surface area (TPSA) is 75.4 Å². The van der Waals surface area contributed by atoms with E-state index in [1.807, 2.05) is 34.6 Å². The van der Waals surface area contributed by atoms with Crippen molar-refractivity contribution >= 4 is 11.8 Å². The Morgan fingerprint density at radius 3 is 2.48 bits per heavy atom. The summed E-state index contributed by atoms with van der Waals surface area (Å²) in [5, 5.41) is 6.74. The zero-order valence-electron chi connectivity index (χ0n) is 13.3. The molecule has 6 nitrogen and oxygen atoms in total. The highest BCUT2D eigenvalue weighted by Gasteiger charge is 2.41. The van der Waals surface area contributed by atoms with E-state index in [2.05, 4.69) is 10.5 Å². The number of hydrogen-bond acceptors (Lipinski definition) is 4. The Balaban J connectivity index is 2.34. The van der Waals surface area contributed by atoms with Crippen LogP contribution in [-0.4, -0.2) is 34.0 Å². The highest BCUT2D eigenvalue weighted by molar-refractivity contribution is 5.97. The molecule has 21 heavy (non-hydrogen) atoms. The number of amides is 2. The van der Waals surface area contributed by atoms with Crippen LogP contribution in [-0.2, 0) is 16.1 Å². The zero-order chi connectivity index (χ0) is 15.7. The molecule has 2 heterocycles. The quantitative estimate of drug-likeness (QED) is 0.914. The van der Waals surface area contributed by atoms with Gasteiger partial charge < -0.3 is 14.7 Å². The van der Waals surface area contributed by atoms with Crippen LogP contribution in [0.25, 0.3) is 0 Å². The second-order valence-corrected chi connectivity index (χ2v) is 5.93. The molecule has 1 fully saturated rings. The molecular weight excluding hydrogens is 270 g/mol. The van der Waals surface area contributed by atoms with Crippen LogP contribution in [0, 0.1) is 19.8 Å². The summed E-state index contributed by atoms with van der Waals surface area (Å²) in [5.41, 5.74) is 1.65. The summed E-state index contributed by atoms with van der Waals surface area (Å²) in [7, 11) is 0. The van der Waals surface area contributed by atoms with Crippen LogP contribution in [0.2, 0.25) is 0 Å². The molecule has 1 aromatic heterocycles. The lowest BCUT2D eigenvalue weighted by molar-refractivity contribution is -0.152. The van der Waals surface area contributed by atoms with Crippen molar-refractivity contribution in [3.63, 3.8) is 0 Å². The number of aryl methyl sites for hydroxylation is 2. The highest BCUT2D eigenvalue weighted by atomic mass is 16.5. The van der Waals surface area contributed by atoms with E-state index in [1.165, 1.54) is 0 Å². The third-order valence-electron chi connectivity index (χ3n) is 4.05. The van der Waals surface area contributed by atoms with Gasteiger partial charge in [-0.2, -0.15) is 0 Å². The van der Waals surface area contributed by atoms with E-state index < -0.39 is 12.1 Å². The van der Waals surface area contributed by atoms with Gasteiger partial charge in [-0.1, -0.05) is 25.9 Å². The minimum absolute atomic E-state index is 0.0317. The Kier molecular flexibility index (Phi) is 4.34. The van der Waals surface area contributed by atoms with E-state index >= 15 is 0 Å². The van der Waals surface area contributed by atoms with Gasteiger partial charge >= 0.3 is 0 Å². The number of piperazine rings is 1. The number of carbonyl (C=O) groups is 2. The van der Waals surface area contributed by atoms with Gasteiger partial charge in [0.15, 0.2) is 0 Å². The van der Waals surface area contributed by atoms with Crippen molar-refractivity contribution in [2.45, 2.75) is 59.7 Å². The summed E-state index contributed by atoms with van der Waals surface area (Å²) in [6, 6.07) is -0.887. The van der Waals surface area contributed by atoms with Crippen LogP contribution < -0.4 is 5.32 Å². The predicted molar refractivity (Wildman–Crippen MR) is 77.4 cm³/mol. The van der Waals surface area contributed by atoms with Crippen LogP contribution in [0.5, 0.6) is 0 Å². The number of hydrogen-bond donors (Lipinski definition) is 1. The third kappa shape index (κ3) is 2.80. The van der Waals surface area contributed by atoms with Gasteiger partial charge in [0.2, 0.25) is 11.8 Å². The number of aromatic nitrogens is 1. The fraction of sp³-hybridized carbons (Fsp3) is 0.667. The first-order valence-electron chi connectivity index (χ1n) is 7.39. The Morgan fingerprint density at radius 2 is 2.00 bits per heavy atom. The smallest absolute Gasteiger partial charge is 0.246 e. The van der Waals surface area contributed by atoms with Gasteiger partial charge in [-0.15, -0.1) is 0 Å². The molecule has 116 valence electrons. The molecule has 2 rings (SSSR count). The summed E-state index contributed by atoms with van der Waals surface area (Å²) in [6.07, 6.45) is 0.591. The second-order valence-electron chi connectivity index (χ2n) is 5.93. The van der Waals surface area contributed by atoms with Crippen molar-refractivity contribution in [1.29, 1.82) is 0 Å². The average Bonchev–Trinajstić information content (AvgIpc) is 2.73. The molecule has 0 saturated carbocycles. The third-order valence-corrected chi connectivity index (χ3v) is 4.05. The SMILES string of the molecule is CCC1NC(=O)C(C(C)C)N(Cc2c(C)noc2C)C1=O. The average molecular weight is 293 g/mol. The van der Waals surface area contributed by atoms with Gasteiger partial charge in [-0.05, 0) is 26.2 Å². The predicted octanol–water partition coefficient (Wildman–Crippen LogP) is 1.55. The fourth-order valence-electron chi connectivity index (χ4n) is 2.81. The normalized spacial score (nSPS) is 22.9. The van der Waals surface area contributed by atoms with Gasteiger partial charge in [0, 0.05) is 5.56 Å². The van der Waals surface area contributed by atoms with Crippen molar-refractivity contribution in [2.24, 2.45) is 5.92 Å². The molecule has 0 spiro atoms. The van der Waals surface area contributed by atoms with Gasteiger partial charge in [0.25, 0.3) is 0 Å². The van der Waals surface area contributed by atoms with E-state index in [0.717, 1.165) is 11.3 Å². The van der Waals surface area contributed by atoms with Crippen molar-refractivity contribution < 1.29 is 14.1 Å². The molecule has 6 heteroatoms. The van der Waals surface area contributed by atoms with Crippen LogP contribution >= 0.6 is 0 Å². The van der Waals surface area contributed by atoms with E-state index in [1.54, 1.807) is 4.90 Å². The largest absolute Gasteiger partial charge is 0.361 e. The molecular formula is C15H23N3O3. The van der Waals surface area contributed by atoms with Crippen LogP contribution in [0.1, 0.15) is 44.2 Å². The zero-order valence-corrected chi connectivity index (χ0v) is 13.3. The molecule has 1 saturated heterocycles. The summed E-state index contributed by atoms with van der Waals surface area (Å²) in [5.74, 6) is 0.632. The standard InChI is InChI=1S/C15H23N3O3/c1-6-12-15(20)18(13(8(2)3)14(19)16-12)7-11-9(4)17-21-10(11)5/h8,12-13H,6-7H2,1-5H3,(H,16,19). The number of carbonyl (C=O) groups excluding carboxylic acids is 2. The second kappa shape index (κ2) is 5.87. The van der Waals surface area contributed by atoms with E-state index in [4.69, 9.17) is 4.52 Å². The maximum Gasteiger partial charge on any atom is 0.246 e. The summed E-state index contributed by atoms with van der Waals surface area (Å²) >= 11 is 0. The number of rotatable bonds is 4. The molecule has 1 N–H and O–H groups in total. The lowest BCUT2D eigenvalue weighted by Gasteiger charge is -2.40. The van der Waals surface area contributed by atoms with Crippen molar-refractivity contribution in [1.82, 2.24) is 15.4 Å².